The summed E-state index contributed by atoms with van der Waals surface area (Å²) in [6, 6.07) is 4.02. The average Bonchev–Trinajstić information content (AvgIpc) is 2.93. The van der Waals surface area contributed by atoms with Crippen molar-refractivity contribution in [3.63, 3.8) is 0 Å². The zero-order valence-electron chi connectivity index (χ0n) is 11.5. The highest BCUT2D eigenvalue weighted by molar-refractivity contribution is 9.10. The lowest BCUT2D eigenvalue weighted by Gasteiger charge is -2.10. The predicted molar refractivity (Wildman–Crippen MR) is 81.3 cm³/mol. The Morgan fingerprint density at radius 3 is 3.00 bits per heavy atom. The van der Waals surface area contributed by atoms with Crippen LogP contribution in [0.15, 0.2) is 29.0 Å². The quantitative estimate of drug-likeness (QED) is 0.925. The Kier molecular flexibility index (Phi) is 3.88. The van der Waals surface area contributed by atoms with E-state index in [1.165, 1.54) is 11.8 Å². The number of amides is 1. The number of nitrogens with one attached hydrogen (secondary N) is 1. The number of carbonyl (C=O) groups excluding carboxylic acids is 1. The molecule has 0 saturated heterocycles. The lowest BCUT2D eigenvalue weighted by molar-refractivity contribution is 0.0945. The number of aryl methyl sites for hydroxylation is 1. The van der Waals surface area contributed by atoms with Gasteiger partial charge in [-0.15, -0.1) is 0 Å². The number of hydrogen-bond donors (Lipinski definition) is 1. The molecule has 0 radical (unpaired) electrons. The Hall–Kier alpha value is -1.95. The Morgan fingerprint density at radius 1 is 1.38 bits per heavy atom. The molecular formula is C15H14BrN3O2. The van der Waals surface area contributed by atoms with Crippen LogP contribution in [0.1, 0.15) is 27.3 Å². The minimum Gasteiger partial charge on any atom is -0.493 e. The van der Waals surface area contributed by atoms with Crippen LogP contribution in [0, 0.1) is 6.92 Å². The molecule has 21 heavy (non-hydrogen) atoms. The summed E-state index contributed by atoms with van der Waals surface area (Å²) in [4.78, 5) is 20.2. The molecule has 0 bridgehead atoms. The molecule has 0 fully saturated rings. The molecule has 1 N–H and O–H groups in total. The maximum absolute atomic E-state index is 12.0. The van der Waals surface area contributed by atoms with Crippen LogP contribution in [0.4, 0.5) is 0 Å². The summed E-state index contributed by atoms with van der Waals surface area (Å²) >= 11 is 3.49. The second-order valence-corrected chi connectivity index (χ2v) is 5.79. The minimum absolute atomic E-state index is 0.241. The van der Waals surface area contributed by atoms with Crippen LogP contribution in [-0.4, -0.2) is 22.5 Å². The smallest absolute Gasteiger partial charge is 0.271 e. The molecule has 1 aromatic carbocycles. The highest BCUT2D eigenvalue weighted by atomic mass is 79.9. The molecule has 1 amide bonds. The number of halogens is 1. The van der Waals surface area contributed by atoms with Crippen LogP contribution >= 0.6 is 15.9 Å². The molecule has 5 nitrogen and oxygen atoms in total. The fourth-order valence-electron chi connectivity index (χ4n) is 2.25. The van der Waals surface area contributed by atoms with Gasteiger partial charge in [-0.3, -0.25) is 9.78 Å². The van der Waals surface area contributed by atoms with E-state index in [9.17, 15) is 4.79 Å². The monoisotopic (exact) mass is 347 g/mol. The van der Waals surface area contributed by atoms with Crippen molar-refractivity contribution in [3.8, 4) is 5.75 Å². The van der Waals surface area contributed by atoms with Gasteiger partial charge in [0.1, 0.15) is 11.4 Å². The predicted octanol–water partition coefficient (Wildman–Crippen LogP) is 2.41. The summed E-state index contributed by atoms with van der Waals surface area (Å²) in [5, 5.41) is 2.85. The van der Waals surface area contributed by atoms with Gasteiger partial charge in [0.25, 0.3) is 5.91 Å². The van der Waals surface area contributed by atoms with Gasteiger partial charge in [0.2, 0.25) is 0 Å². The third-order valence-corrected chi connectivity index (χ3v) is 3.74. The molecule has 2 aromatic rings. The molecule has 6 heteroatoms. The summed E-state index contributed by atoms with van der Waals surface area (Å²) in [6.07, 6.45) is 3.96. The third-order valence-electron chi connectivity index (χ3n) is 3.28. The molecule has 0 atom stereocenters. The Balaban J connectivity index is 1.73. The minimum atomic E-state index is -0.241. The molecule has 0 unspecified atom stereocenters. The number of carbonyl (C=O) groups is 1. The van der Waals surface area contributed by atoms with Gasteiger partial charge in [-0.25, -0.2) is 4.98 Å². The molecule has 1 aliphatic heterocycles. The van der Waals surface area contributed by atoms with Gasteiger partial charge in [0.05, 0.1) is 18.5 Å². The first kappa shape index (κ1) is 14.0. The molecular weight excluding hydrogens is 334 g/mol. The normalized spacial score (nSPS) is 12.7. The lowest BCUT2D eigenvalue weighted by atomic mass is 10.1. The van der Waals surface area contributed by atoms with Crippen LogP contribution < -0.4 is 10.1 Å². The van der Waals surface area contributed by atoms with E-state index in [4.69, 9.17) is 4.74 Å². The molecule has 1 aliphatic rings. The van der Waals surface area contributed by atoms with Gasteiger partial charge in [0.15, 0.2) is 0 Å². The largest absolute Gasteiger partial charge is 0.493 e. The highest BCUT2D eigenvalue weighted by Gasteiger charge is 2.18. The lowest BCUT2D eigenvalue weighted by Crippen LogP contribution is -2.24. The standard InChI is InChI=1S/C15H14BrN3O2/c1-9-6-18-13(8-17-9)15(20)19-7-11-5-12(16)4-10-2-3-21-14(10)11/h4-6,8H,2-3,7H2,1H3,(H,19,20). The number of rotatable bonds is 3. The van der Waals surface area contributed by atoms with Crippen LogP contribution in [0.2, 0.25) is 0 Å². The van der Waals surface area contributed by atoms with Gasteiger partial charge in [-0.1, -0.05) is 15.9 Å². The van der Waals surface area contributed by atoms with E-state index < -0.39 is 0 Å². The van der Waals surface area contributed by atoms with Crippen molar-refractivity contribution in [2.24, 2.45) is 0 Å². The molecule has 0 spiro atoms. The Bertz CT molecular complexity index is 686. The summed E-state index contributed by atoms with van der Waals surface area (Å²) in [7, 11) is 0. The van der Waals surface area contributed by atoms with Crippen molar-refractivity contribution < 1.29 is 9.53 Å². The maximum Gasteiger partial charge on any atom is 0.271 e. The SMILES string of the molecule is Cc1cnc(C(=O)NCc2cc(Br)cc3c2OCC3)cn1. The fourth-order valence-corrected chi connectivity index (χ4v) is 2.81. The zero-order valence-corrected chi connectivity index (χ0v) is 13.1. The first-order valence-corrected chi connectivity index (χ1v) is 7.44. The summed E-state index contributed by atoms with van der Waals surface area (Å²) in [6.45, 7) is 2.92. The molecule has 2 heterocycles. The van der Waals surface area contributed by atoms with Gasteiger partial charge >= 0.3 is 0 Å². The third kappa shape index (κ3) is 3.05. The molecule has 1 aromatic heterocycles. The summed E-state index contributed by atoms with van der Waals surface area (Å²) in [5.74, 6) is 0.641. The fraction of sp³-hybridized carbons (Fsp3) is 0.267. The van der Waals surface area contributed by atoms with Crippen molar-refractivity contribution in [1.29, 1.82) is 0 Å². The van der Waals surface area contributed by atoms with Gasteiger partial charge in [0, 0.05) is 29.2 Å². The zero-order chi connectivity index (χ0) is 14.8. The first-order valence-electron chi connectivity index (χ1n) is 6.64. The number of benzene rings is 1. The average molecular weight is 348 g/mol. The Labute approximate surface area is 130 Å². The molecule has 0 saturated carbocycles. The van der Waals surface area contributed by atoms with Gasteiger partial charge < -0.3 is 10.1 Å². The van der Waals surface area contributed by atoms with Crippen LogP contribution in [0.3, 0.4) is 0 Å². The van der Waals surface area contributed by atoms with Crippen molar-refractivity contribution in [2.75, 3.05) is 6.61 Å². The van der Waals surface area contributed by atoms with Crippen LogP contribution in [-0.2, 0) is 13.0 Å². The van der Waals surface area contributed by atoms with Crippen molar-refractivity contribution in [2.45, 2.75) is 19.9 Å². The molecule has 108 valence electrons. The Morgan fingerprint density at radius 2 is 2.24 bits per heavy atom. The van der Waals surface area contributed by atoms with E-state index in [2.05, 4.69) is 37.3 Å². The number of aromatic nitrogens is 2. The van der Waals surface area contributed by atoms with E-state index in [1.807, 2.05) is 13.0 Å². The van der Waals surface area contributed by atoms with Crippen molar-refractivity contribution >= 4 is 21.8 Å². The second-order valence-electron chi connectivity index (χ2n) is 4.88. The van der Waals surface area contributed by atoms with Gasteiger partial charge in [-0.05, 0) is 24.6 Å². The highest BCUT2D eigenvalue weighted by Crippen LogP contribution is 2.32. The number of fused-ring (bicyclic) bond motifs is 1. The van der Waals surface area contributed by atoms with E-state index >= 15 is 0 Å². The van der Waals surface area contributed by atoms with E-state index in [0.717, 1.165) is 27.9 Å². The van der Waals surface area contributed by atoms with E-state index in [0.29, 0.717) is 18.8 Å². The van der Waals surface area contributed by atoms with Crippen molar-refractivity contribution in [1.82, 2.24) is 15.3 Å². The maximum atomic E-state index is 12.0. The van der Waals surface area contributed by atoms with Gasteiger partial charge in [-0.2, -0.15) is 0 Å². The number of ether oxygens (including phenoxy) is 1. The van der Waals surface area contributed by atoms with Crippen molar-refractivity contribution in [3.05, 3.63) is 51.5 Å². The molecule has 3 rings (SSSR count). The molecule has 0 aliphatic carbocycles. The first-order chi connectivity index (χ1) is 10.1. The summed E-state index contributed by atoms with van der Waals surface area (Å²) < 4.78 is 6.63. The van der Waals surface area contributed by atoms with E-state index in [1.54, 1.807) is 6.20 Å². The topological polar surface area (TPSA) is 64.1 Å². The number of hydrogen-bond acceptors (Lipinski definition) is 4. The number of nitrogens with zero attached hydrogens (tertiary/aromatic N) is 2. The van der Waals surface area contributed by atoms with E-state index in [-0.39, 0.29) is 5.91 Å². The summed E-state index contributed by atoms with van der Waals surface area (Å²) in [5.41, 5.74) is 3.23. The van der Waals surface area contributed by atoms with Crippen LogP contribution in [0.25, 0.3) is 0 Å². The second kappa shape index (κ2) is 5.81. The van der Waals surface area contributed by atoms with Crippen LogP contribution in [0.5, 0.6) is 5.75 Å².